The van der Waals surface area contributed by atoms with Gasteiger partial charge in [0.25, 0.3) is 5.91 Å². The van der Waals surface area contributed by atoms with Crippen LogP contribution in [-0.4, -0.2) is 34.9 Å². The standard InChI is InChI=1S/C27H21BrF3N3O4S/c28-20-7-9-21(10-8-20)34(15-17-1-3-19(4-2-17)25(37)32-14-13-24(35)36)26-33-23(16-39-26)18-5-11-22(12-6-18)38-27(29,30)31/h1-12,16H,13-15H2,(H,32,37)(H,35,36). The van der Waals surface area contributed by atoms with E-state index >= 15 is 0 Å². The summed E-state index contributed by atoms with van der Waals surface area (Å²) in [6.45, 7) is 0.464. The van der Waals surface area contributed by atoms with Crippen molar-refractivity contribution >= 4 is 50.0 Å². The smallest absolute Gasteiger partial charge is 0.481 e. The number of carboxylic acids is 1. The largest absolute Gasteiger partial charge is 0.573 e. The van der Waals surface area contributed by atoms with Gasteiger partial charge in [-0.2, -0.15) is 0 Å². The number of carbonyl (C=O) groups excluding carboxylic acids is 1. The molecule has 2 N–H and O–H groups in total. The number of nitrogens with one attached hydrogen (secondary N) is 1. The Morgan fingerprint density at radius 3 is 2.28 bits per heavy atom. The number of ether oxygens (including phenoxy) is 1. The molecular formula is C27H21BrF3N3O4S. The summed E-state index contributed by atoms with van der Waals surface area (Å²) < 4.78 is 42.3. The maximum Gasteiger partial charge on any atom is 0.573 e. The number of hydrogen-bond acceptors (Lipinski definition) is 6. The van der Waals surface area contributed by atoms with Crippen molar-refractivity contribution < 1.29 is 32.6 Å². The molecule has 0 aliphatic heterocycles. The highest BCUT2D eigenvalue weighted by atomic mass is 79.9. The highest BCUT2D eigenvalue weighted by Crippen LogP contribution is 2.35. The van der Waals surface area contributed by atoms with Crippen molar-refractivity contribution in [1.82, 2.24) is 10.3 Å². The molecule has 0 aliphatic carbocycles. The van der Waals surface area contributed by atoms with Crippen LogP contribution in [-0.2, 0) is 11.3 Å². The van der Waals surface area contributed by atoms with E-state index in [0.717, 1.165) is 15.7 Å². The van der Waals surface area contributed by atoms with Crippen LogP contribution in [0.15, 0.2) is 82.6 Å². The number of carboxylic acid groups (broad SMARTS) is 1. The fourth-order valence-electron chi connectivity index (χ4n) is 3.57. The van der Waals surface area contributed by atoms with E-state index in [4.69, 9.17) is 10.1 Å². The summed E-state index contributed by atoms with van der Waals surface area (Å²) in [5.74, 6) is -1.66. The first-order chi connectivity index (χ1) is 18.6. The molecule has 0 bridgehead atoms. The van der Waals surface area contributed by atoms with E-state index in [1.54, 1.807) is 12.1 Å². The Balaban J connectivity index is 1.54. The lowest BCUT2D eigenvalue weighted by atomic mass is 10.1. The monoisotopic (exact) mass is 619 g/mol. The van der Waals surface area contributed by atoms with E-state index < -0.39 is 12.3 Å². The SMILES string of the molecule is O=C(O)CCNC(=O)c1ccc(CN(c2ccc(Br)cc2)c2nc(-c3ccc(OC(F)(F)F)cc3)cs2)cc1. The molecule has 0 fully saturated rings. The van der Waals surface area contributed by atoms with Gasteiger partial charge in [0.1, 0.15) is 5.75 Å². The molecule has 4 aromatic rings. The van der Waals surface area contributed by atoms with Gasteiger partial charge in [-0.15, -0.1) is 24.5 Å². The number of nitrogens with zero attached hydrogens (tertiary/aromatic N) is 2. The number of halogens is 4. The number of thiazole rings is 1. The van der Waals surface area contributed by atoms with Crippen LogP contribution in [0.4, 0.5) is 24.0 Å². The maximum atomic E-state index is 12.5. The second kappa shape index (κ2) is 12.3. The molecule has 0 atom stereocenters. The molecule has 1 heterocycles. The summed E-state index contributed by atoms with van der Waals surface area (Å²) in [5, 5.41) is 13.8. The van der Waals surface area contributed by atoms with Gasteiger partial charge in [-0.3, -0.25) is 9.59 Å². The first-order valence-electron chi connectivity index (χ1n) is 11.5. The van der Waals surface area contributed by atoms with Crippen molar-refractivity contribution in [1.29, 1.82) is 0 Å². The third-order valence-corrected chi connectivity index (χ3v) is 6.82. The van der Waals surface area contributed by atoms with E-state index in [9.17, 15) is 22.8 Å². The zero-order chi connectivity index (χ0) is 28.0. The van der Waals surface area contributed by atoms with Gasteiger partial charge in [0.15, 0.2) is 5.13 Å². The van der Waals surface area contributed by atoms with Crippen LogP contribution in [0.5, 0.6) is 5.75 Å². The van der Waals surface area contributed by atoms with Crippen molar-refractivity contribution in [3.63, 3.8) is 0 Å². The number of carbonyl (C=O) groups is 2. The molecule has 3 aromatic carbocycles. The fraction of sp³-hybridized carbons (Fsp3) is 0.148. The number of aromatic nitrogens is 1. The Kier molecular flexibility index (Phi) is 8.87. The zero-order valence-electron chi connectivity index (χ0n) is 20.1. The van der Waals surface area contributed by atoms with Crippen molar-refractivity contribution in [2.75, 3.05) is 11.4 Å². The Bertz CT molecular complexity index is 1430. The molecular weight excluding hydrogens is 599 g/mol. The van der Waals surface area contributed by atoms with Gasteiger partial charge in [-0.1, -0.05) is 28.1 Å². The van der Waals surface area contributed by atoms with E-state index in [2.05, 4.69) is 26.0 Å². The van der Waals surface area contributed by atoms with Gasteiger partial charge in [-0.05, 0) is 66.2 Å². The average molecular weight is 620 g/mol. The molecule has 0 spiro atoms. The summed E-state index contributed by atoms with van der Waals surface area (Å²) >= 11 is 4.83. The molecule has 12 heteroatoms. The molecule has 4 rings (SSSR count). The van der Waals surface area contributed by atoms with Crippen LogP contribution >= 0.6 is 27.3 Å². The van der Waals surface area contributed by atoms with Crippen molar-refractivity contribution in [2.45, 2.75) is 19.3 Å². The number of amides is 1. The van der Waals surface area contributed by atoms with E-state index in [1.807, 2.05) is 46.7 Å². The zero-order valence-corrected chi connectivity index (χ0v) is 22.5. The van der Waals surface area contributed by atoms with Crippen LogP contribution in [0.3, 0.4) is 0 Å². The van der Waals surface area contributed by atoms with Crippen molar-refractivity contribution in [2.24, 2.45) is 0 Å². The van der Waals surface area contributed by atoms with Crippen molar-refractivity contribution in [3.8, 4) is 17.0 Å². The van der Waals surface area contributed by atoms with E-state index in [1.165, 1.54) is 35.6 Å². The third kappa shape index (κ3) is 8.04. The van der Waals surface area contributed by atoms with Gasteiger partial charge >= 0.3 is 12.3 Å². The normalized spacial score (nSPS) is 11.2. The number of benzene rings is 3. The number of alkyl halides is 3. The van der Waals surface area contributed by atoms with E-state index in [0.29, 0.717) is 28.5 Å². The van der Waals surface area contributed by atoms with Gasteiger partial charge in [0.2, 0.25) is 0 Å². The third-order valence-electron chi connectivity index (χ3n) is 5.43. The predicted octanol–water partition coefficient (Wildman–Crippen LogP) is 7.01. The van der Waals surface area contributed by atoms with Gasteiger partial charge in [0.05, 0.1) is 18.7 Å². The summed E-state index contributed by atoms with van der Waals surface area (Å²) in [7, 11) is 0. The summed E-state index contributed by atoms with van der Waals surface area (Å²) in [6, 6.07) is 20.2. The molecule has 1 aromatic heterocycles. The molecule has 0 saturated carbocycles. The minimum atomic E-state index is -4.76. The summed E-state index contributed by atoms with van der Waals surface area (Å²) in [5.41, 5.74) is 3.41. The Hall–Kier alpha value is -3.90. The predicted molar refractivity (Wildman–Crippen MR) is 145 cm³/mol. The molecule has 0 unspecified atom stereocenters. The minimum Gasteiger partial charge on any atom is -0.481 e. The average Bonchev–Trinajstić information content (AvgIpc) is 3.37. The number of hydrogen-bond donors (Lipinski definition) is 2. The number of anilines is 2. The summed E-state index contributed by atoms with van der Waals surface area (Å²) in [6.07, 6.45) is -4.92. The van der Waals surface area contributed by atoms with Crippen molar-refractivity contribution in [3.05, 3.63) is 93.8 Å². The molecule has 0 radical (unpaired) electrons. The second-order valence-corrected chi connectivity index (χ2v) is 10.00. The minimum absolute atomic E-state index is 0.0394. The van der Waals surface area contributed by atoms with Gasteiger partial charge in [0, 0.05) is 33.2 Å². The first-order valence-corrected chi connectivity index (χ1v) is 13.2. The number of rotatable bonds is 10. The molecule has 0 saturated heterocycles. The fourth-order valence-corrected chi connectivity index (χ4v) is 4.69. The number of aliphatic carboxylic acids is 1. The molecule has 39 heavy (non-hydrogen) atoms. The highest BCUT2D eigenvalue weighted by Gasteiger charge is 2.31. The quantitative estimate of drug-likeness (QED) is 0.198. The topological polar surface area (TPSA) is 91.8 Å². The molecule has 0 aliphatic rings. The van der Waals surface area contributed by atoms with Gasteiger partial charge in [-0.25, -0.2) is 4.98 Å². The highest BCUT2D eigenvalue weighted by molar-refractivity contribution is 9.10. The van der Waals surface area contributed by atoms with Crippen LogP contribution in [0.2, 0.25) is 0 Å². The van der Waals surface area contributed by atoms with E-state index in [-0.39, 0.29) is 24.6 Å². The Labute approximate surface area is 234 Å². The lowest BCUT2D eigenvalue weighted by molar-refractivity contribution is -0.274. The molecule has 7 nitrogen and oxygen atoms in total. The lowest BCUT2D eigenvalue weighted by Gasteiger charge is -2.22. The Morgan fingerprint density at radius 2 is 1.67 bits per heavy atom. The van der Waals surface area contributed by atoms with Crippen LogP contribution < -0.4 is 15.0 Å². The maximum absolute atomic E-state index is 12.5. The first kappa shape index (κ1) is 28.1. The molecule has 202 valence electrons. The Morgan fingerprint density at radius 1 is 1.00 bits per heavy atom. The lowest BCUT2D eigenvalue weighted by Crippen LogP contribution is -2.26. The van der Waals surface area contributed by atoms with Crippen LogP contribution in [0.25, 0.3) is 11.3 Å². The second-order valence-electron chi connectivity index (χ2n) is 8.25. The van der Waals surface area contributed by atoms with Gasteiger partial charge < -0.3 is 20.1 Å². The van der Waals surface area contributed by atoms with Crippen LogP contribution in [0, 0.1) is 0 Å². The summed E-state index contributed by atoms with van der Waals surface area (Å²) in [4.78, 5) is 29.6. The van der Waals surface area contributed by atoms with Crippen LogP contribution in [0.1, 0.15) is 22.3 Å². The molecule has 1 amide bonds.